The highest BCUT2D eigenvalue weighted by atomic mass is 16.5. The Morgan fingerprint density at radius 3 is 2.03 bits per heavy atom. The van der Waals surface area contributed by atoms with Gasteiger partial charge in [-0.15, -0.1) is 0 Å². The average molecular weight is 464 g/mol. The smallest absolute Gasteiger partial charge is 0.200 e. The van der Waals surface area contributed by atoms with E-state index in [-0.39, 0.29) is 16.9 Å². The molecule has 0 spiro atoms. The lowest BCUT2D eigenvalue weighted by atomic mass is 9.89. The van der Waals surface area contributed by atoms with E-state index in [1.165, 1.54) is 0 Å². The van der Waals surface area contributed by atoms with Crippen molar-refractivity contribution in [3.05, 3.63) is 40.1 Å². The van der Waals surface area contributed by atoms with Crippen LogP contribution in [0, 0.1) is 0 Å². The molecule has 0 aliphatic carbocycles. The van der Waals surface area contributed by atoms with E-state index in [0.717, 1.165) is 24.3 Å². The van der Waals surface area contributed by atoms with Crippen LogP contribution in [-0.4, -0.2) is 77.0 Å². The van der Waals surface area contributed by atoms with Gasteiger partial charge < -0.3 is 55.1 Å². The Labute approximate surface area is 184 Å². The van der Waals surface area contributed by atoms with Crippen molar-refractivity contribution >= 4 is 11.0 Å². The van der Waals surface area contributed by atoms with Crippen LogP contribution in [0.15, 0.2) is 33.5 Å². The van der Waals surface area contributed by atoms with Gasteiger partial charge in [-0.25, -0.2) is 0 Å². The lowest BCUT2D eigenvalue weighted by Gasteiger charge is -2.40. The van der Waals surface area contributed by atoms with E-state index >= 15 is 0 Å². The van der Waals surface area contributed by atoms with E-state index in [1.807, 2.05) is 0 Å². The number of phenols is 5. The van der Waals surface area contributed by atoms with Crippen LogP contribution in [0.25, 0.3) is 22.3 Å². The Morgan fingerprint density at radius 2 is 1.42 bits per heavy atom. The predicted molar refractivity (Wildman–Crippen MR) is 109 cm³/mol. The zero-order chi connectivity index (χ0) is 24.2. The minimum Gasteiger partial charge on any atom is -0.507 e. The molecular formula is C21H20O12. The van der Waals surface area contributed by atoms with Gasteiger partial charge in [0.15, 0.2) is 22.7 Å². The van der Waals surface area contributed by atoms with Crippen molar-refractivity contribution in [2.24, 2.45) is 0 Å². The van der Waals surface area contributed by atoms with Gasteiger partial charge in [0.05, 0.1) is 12.2 Å². The Hall–Kier alpha value is -3.55. The van der Waals surface area contributed by atoms with E-state index < -0.39 is 82.3 Å². The van der Waals surface area contributed by atoms with Gasteiger partial charge in [0, 0.05) is 17.7 Å². The topological polar surface area (TPSA) is 222 Å². The summed E-state index contributed by atoms with van der Waals surface area (Å²) in [5.41, 5.74) is -1.60. The van der Waals surface area contributed by atoms with Crippen LogP contribution < -0.4 is 5.43 Å². The van der Waals surface area contributed by atoms with Crippen LogP contribution in [0.1, 0.15) is 11.7 Å². The highest BCUT2D eigenvalue weighted by Gasteiger charge is 2.46. The van der Waals surface area contributed by atoms with Gasteiger partial charge in [-0.05, 0) is 12.1 Å². The number of rotatable bonds is 3. The Balaban J connectivity index is 1.87. The first-order valence-electron chi connectivity index (χ1n) is 9.63. The summed E-state index contributed by atoms with van der Waals surface area (Å²) in [6, 6.07) is 3.89. The number of ether oxygens (including phenoxy) is 1. The molecule has 2 aromatic carbocycles. The van der Waals surface area contributed by atoms with Gasteiger partial charge in [0.1, 0.15) is 58.7 Å². The number of aliphatic hydroxyl groups is 4. The van der Waals surface area contributed by atoms with Crippen molar-refractivity contribution in [2.75, 3.05) is 6.61 Å². The molecular weight excluding hydrogens is 444 g/mol. The van der Waals surface area contributed by atoms with Crippen LogP contribution >= 0.6 is 0 Å². The number of fused-ring (bicyclic) bond motifs is 1. The molecule has 9 N–H and O–H groups in total. The monoisotopic (exact) mass is 464 g/mol. The van der Waals surface area contributed by atoms with E-state index in [2.05, 4.69) is 0 Å². The van der Waals surface area contributed by atoms with Crippen molar-refractivity contribution in [2.45, 2.75) is 30.5 Å². The molecule has 5 atom stereocenters. The van der Waals surface area contributed by atoms with E-state index in [0.29, 0.717) is 0 Å². The van der Waals surface area contributed by atoms with Crippen molar-refractivity contribution in [1.29, 1.82) is 0 Å². The first-order chi connectivity index (χ1) is 15.5. The number of benzene rings is 2. The zero-order valence-corrected chi connectivity index (χ0v) is 16.7. The molecule has 1 aromatic heterocycles. The number of aliphatic hydroxyl groups excluding tert-OH is 4. The van der Waals surface area contributed by atoms with Gasteiger partial charge in [-0.3, -0.25) is 4.79 Å². The lowest BCUT2D eigenvalue weighted by Crippen LogP contribution is -2.55. The van der Waals surface area contributed by atoms with Gasteiger partial charge in [0.25, 0.3) is 0 Å². The quantitative estimate of drug-likeness (QED) is 0.224. The summed E-state index contributed by atoms with van der Waals surface area (Å²) >= 11 is 0. The summed E-state index contributed by atoms with van der Waals surface area (Å²) in [5.74, 6) is -3.85. The second-order valence-electron chi connectivity index (χ2n) is 7.62. The summed E-state index contributed by atoms with van der Waals surface area (Å²) in [6.07, 6.45) is -8.22. The Bertz CT molecular complexity index is 1260. The molecule has 1 aliphatic rings. The largest absolute Gasteiger partial charge is 0.507 e. The maximum atomic E-state index is 12.8. The third-order valence-corrected chi connectivity index (χ3v) is 5.54. The molecule has 0 bridgehead atoms. The van der Waals surface area contributed by atoms with Crippen molar-refractivity contribution < 1.29 is 55.1 Å². The number of phenolic OH excluding ortho intramolecular Hbond substituents is 5. The van der Waals surface area contributed by atoms with Crippen LogP contribution in [0.4, 0.5) is 0 Å². The first kappa shape index (κ1) is 22.6. The predicted octanol–water partition coefficient (Wildman–Crippen LogP) is -0.497. The van der Waals surface area contributed by atoms with Crippen LogP contribution in [0.2, 0.25) is 0 Å². The maximum Gasteiger partial charge on any atom is 0.200 e. The number of hydrogen-bond donors (Lipinski definition) is 9. The molecule has 0 amide bonds. The molecule has 0 saturated carbocycles. The SMILES string of the molecule is O=c1cc(-c2cc(O)c(O)c(O)c2)oc2cc(O)c(C3OC(CO)C(O)C(O)C3O)c(O)c12. The van der Waals surface area contributed by atoms with Gasteiger partial charge in [-0.1, -0.05) is 0 Å². The molecule has 176 valence electrons. The van der Waals surface area contributed by atoms with Gasteiger partial charge in [-0.2, -0.15) is 0 Å². The molecule has 1 aliphatic heterocycles. The van der Waals surface area contributed by atoms with Crippen molar-refractivity contribution in [1.82, 2.24) is 0 Å². The highest BCUT2D eigenvalue weighted by molar-refractivity contribution is 5.88. The van der Waals surface area contributed by atoms with Crippen LogP contribution in [-0.2, 0) is 4.74 Å². The number of hydrogen-bond acceptors (Lipinski definition) is 12. The van der Waals surface area contributed by atoms with Crippen molar-refractivity contribution in [3.8, 4) is 40.1 Å². The van der Waals surface area contributed by atoms with E-state index in [4.69, 9.17) is 9.15 Å². The van der Waals surface area contributed by atoms with Crippen LogP contribution in [0.5, 0.6) is 28.7 Å². The maximum absolute atomic E-state index is 12.8. The normalized spacial score (nSPS) is 25.4. The summed E-state index contributed by atoms with van der Waals surface area (Å²) in [4.78, 5) is 12.8. The lowest BCUT2D eigenvalue weighted by molar-refractivity contribution is -0.232. The number of aromatic hydroxyl groups is 5. The third-order valence-electron chi connectivity index (χ3n) is 5.54. The fraction of sp³-hybridized carbons (Fsp3) is 0.286. The Kier molecular flexibility index (Phi) is 5.56. The van der Waals surface area contributed by atoms with Gasteiger partial charge in [0.2, 0.25) is 0 Å². The standard InChI is InChI=1S/C21H20O12/c22-5-13-17(28)19(30)20(31)21(33-13)15-8(24)4-12-14(18(15)29)7(23)3-11(32-12)6-1-9(25)16(27)10(26)2-6/h1-4,13,17,19-22,24-31H,5H2. The fourth-order valence-corrected chi connectivity index (χ4v) is 3.81. The summed E-state index contributed by atoms with van der Waals surface area (Å²) < 4.78 is 10.9. The summed E-state index contributed by atoms with van der Waals surface area (Å²) in [7, 11) is 0. The molecule has 1 fully saturated rings. The second kappa shape index (κ2) is 8.10. The summed E-state index contributed by atoms with van der Waals surface area (Å²) in [5, 5.41) is 89.4. The minimum absolute atomic E-state index is 0.00112. The molecule has 12 nitrogen and oxygen atoms in total. The minimum atomic E-state index is -1.83. The Morgan fingerprint density at radius 1 is 0.788 bits per heavy atom. The molecule has 0 radical (unpaired) electrons. The van der Waals surface area contributed by atoms with E-state index in [9.17, 15) is 50.8 Å². The third kappa shape index (κ3) is 3.59. The van der Waals surface area contributed by atoms with Crippen molar-refractivity contribution in [3.63, 3.8) is 0 Å². The fourth-order valence-electron chi connectivity index (χ4n) is 3.81. The summed E-state index contributed by atoms with van der Waals surface area (Å²) in [6.45, 7) is -0.742. The average Bonchev–Trinajstić information content (AvgIpc) is 2.76. The first-order valence-corrected chi connectivity index (χ1v) is 9.63. The molecule has 3 aromatic rings. The van der Waals surface area contributed by atoms with Gasteiger partial charge >= 0.3 is 0 Å². The van der Waals surface area contributed by atoms with E-state index in [1.54, 1.807) is 0 Å². The zero-order valence-electron chi connectivity index (χ0n) is 16.7. The highest BCUT2D eigenvalue weighted by Crippen LogP contribution is 2.45. The molecule has 5 unspecified atom stereocenters. The molecule has 2 heterocycles. The molecule has 4 rings (SSSR count). The molecule has 33 heavy (non-hydrogen) atoms. The second-order valence-corrected chi connectivity index (χ2v) is 7.62. The molecule has 12 heteroatoms. The molecule has 1 saturated heterocycles. The van der Waals surface area contributed by atoms with Crippen LogP contribution in [0.3, 0.4) is 0 Å².